The summed E-state index contributed by atoms with van der Waals surface area (Å²) in [6.45, 7) is 6.33. The maximum atomic E-state index is 11.7. The number of benzene rings is 1. The molecule has 0 spiro atoms. The highest BCUT2D eigenvalue weighted by Crippen LogP contribution is 2.24. The normalized spacial score (nSPS) is 12.8. The van der Waals surface area contributed by atoms with Crippen LogP contribution in [0.25, 0.3) is 0 Å². The number of rotatable bonds is 5. The van der Waals surface area contributed by atoms with Gasteiger partial charge in [-0.25, -0.2) is 5.01 Å². The first kappa shape index (κ1) is 15.7. The lowest BCUT2D eigenvalue weighted by Crippen LogP contribution is -2.37. The van der Waals surface area contributed by atoms with Gasteiger partial charge in [-0.2, -0.15) is 0 Å². The Morgan fingerprint density at radius 3 is 2.53 bits per heavy atom. The predicted molar refractivity (Wildman–Crippen MR) is 78.6 cm³/mol. The summed E-state index contributed by atoms with van der Waals surface area (Å²) in [5.74, 6) is 0.397. The Bertz CT molecular complexity index is 441. The summed E-state index contributed by atoms with van der Waals surface area (Å²) < 4.78 is 0. The average molecular weight is 263 g/mol. The number of hydrazine groups is 1. The van der Waals surface area contributed by atoms with Gasteiger partial charge in [-0.1, -0.05) is 32.0 Å². The molecule has 0 aliphatic rings. The van der Waals surface area contributed by atoms with Gasteiger partial charge in [-0.15, -0.1) is 0 Å². The van der Waals surface area contributed by atoms with E-state index in [9.17, 15) is 4.79 Å². The molecule has 0 fully saturated rings. The van der Waals surface area contributed by atoms with Crippen molar-refractivity contribution in [2.24, 2.45) is 5.73 Å². The molecule has 1 unspecified atom stereocenters. The molecule has 0 aliphatic heterocycles. The fraction of sp³-hybridized carbons (Fsp3) is 0.533. The molecule has 1 aromatic rings. The van der Waals surface area contributed by atoms with Crippen LogP contribution >= 0.6 is 0 Å². The van der Waals surface area contributed by atoms with Crippen LogP contribution in [-0.4, -0.2) is 25.0 Å². The Morgan fingerprint density at radius 1 is 1.37 bits per heavy atom. The van der Waals surface area contributed by atoms with Crippen LogP contribution in [0.15, 0.2) is 18.2 Å². The number of aryl methyl sites for hydroxylation is 1. The van der Waals surface area contributed by atoms with Crippen molar-refractivity contribution in [3.63, 3.8) is 0 Å². The van der Waals surface area contributed by atoms with E-state index in [1.807, 2.05) is 6.92 Å². The Morgan fingerprint density at radius 2 is 2.00 bits per heavy atom. The van der Waals surface area contributed by atoms with Crippen LogP contribution in [0, 0.1) is 6.92 Å². The number of carbonyl (C=O) groups excluding carboxylic acids is 1. The molecule has 1 rings (SSSR count). The lowest BCUT2D eigenvalue weighted by molar-refractivity contribution is -0.125. The molecule has 0 radical (unpaired) electrons. The number of hydrogen-bond acceptors (Lipinski definition) is 3. The standard InChI is InChI=1S/C15H25N3O/c1-10(2)12-7-6-11(3)13(8-12)14(16)9-15(19)17-18(4)5/h6-8,10,14H,9,16H2,1-5H3,(H,17,19). The first-order chi connectivity index (χ1) is 8.81. The van der Waals surface area contributed by atoms with Crippen LogP contribution in [0.4, 0.5) is 0 Å². The summed E-state index contributed by atoms with van der Waals surface area (Å²) in [4.78, 5) is 11.7. The Labute approximate surface area is 115 Å². The molecule has 4 heteroatoms. The lowest BCUT2D eigenvalue weighted by Gasteiger charge is -2.18. The zero-order valence-corrected chi connectivity index (χ0v) is 12.5. The van der Waals surface area contributed by atoms with E-state index >= 15 is 0 Å². The molecule has 0 saturated heterocycles. The quantitative estimate of drug-likeness (QED) is 0.800. The topological polar surface area (TPSA) is 58.4 Å². The number of carbonyl (C=O) groups is 1. The second-order valence-corrected chi connectivity index (χ2v) is 5.51. The van der Waals surface area contributed by atoms with Gasteiger partial charge >= 0.3 is 0 Å². The number of hydrogen-bond donors (Lipinski definition) is 2. The maximum Gasteiger partial charge on any atom is 0.236 e. The molecule has 19 heavy (non-hydrogen) atoms. The summed E-state index contributed by atoms with van der Waals surface area (Å²) in [6, 6.07) is 6.05. The third-order valence-corrected chi connectivity index (χ3v) is 3.12. The molecular formula is C15H25N3O. The average Bonchev–Trinajstić information content (AvgIpc) is 2.27. The molecule has 3 N–H and O–H groups in total. The van der Waals surface area contributed by atoms with Gasteiger partial charge in [0.15, 0.2) is 0 Å². The van der Waals surface area contributed by atoms with Crippen LogP contribution in [0.1, 0.15) is 48.9 Å². The van der Waals surface area contributed by atoms with Gasteiger partial charge in [-0.3, -0.25) is 10.2 Å². The maximum absolute atomic E-state index is 11.7. The molecule has 1 aromatic carbocycles. The van der Waals surface area contributed by atoms with Crippen LogP contribution in [0.5, 0.6) is 0 Å². The first-order valence-electron chi connectivity index (χ1n) is 6.64. The summed E-state index contributed by atoms with van der Waals surface area (Å²) in [5, 5.41) is 1.63. The van der Waals surface area contributed by atoms with Crippen molar-refractivity contribution in [1.29, 1.82) is 0 Å². The van der Waals surface area contributed by atoms with Gasteiger partial charge in [0.25, 0.3) is 0 Å². The largest absolute Gasteiger partial charge is 0.324 e. The molecule has 1 atom stereocenters. The number of nitrogens with one attached hydrogen (secondary N) is 1. The van der Waals surface area contributed by atoms with Crippen molar-refractivity contribution in [3.05, 3.63) is 34.9 Å². The second-order valence-electron chi connectivity index (χ2n) is 5.51. The van der Waals surface area contributed by atoms with E-state index in [2.05, 4.69) is 37.5 Å². The SMILES string of the molecule is Cc1ccc(C(C)C)cc1C(N)CC(=O)NN(C)C. The third kappa shape index (κ3) is 4.65. The Hall–Kier alpha value is -1.39. The van der Waals surface area contributed by atoms with Gasteiger partial charge in [0.1, 0.15) is 0 Å². The van der Waals surface area contributed by atoms with Gasteiger partial charge in [0.2, 0.25) is 5.91 Å². The van der Waals surface area contributed by atoms with Gasteiger partial charge in [0.05, 0.1) is 0 Å². The van der Waals surface area contributed by atoms with Crippen molar-refractivity contribution in [3.8, 4) is 0 Å². The van der Waals surface area contributed by atoms with Gasteiger partial charge < -0.3 is 5.73 Å². The van der Waals surface area contributed by atoms with E-state index in [-0.39, 0.29) is 11.9 Å². The zero-order chi connectivity index (χ0) is 14.6. The minimum absolute atomic E-state index is 0.0631. The molecule has 0 aliphatic carbocycles. The minimum Gasteiger partial charge on any atom is -0.324 e. The number of nitrogens with two attached hydrogens (primary N) is 1. The van der Waals surface area contributed by atoms with Gasteiger partial charge in [-0.05, 0) is 29.5 Å². The summed E-state index contributed by atoms with van der Waals surface area (Å²) in [5.41, 5.74) is 12.3. The number of amides is 1. The lowest BCUT2D eigenvalue weighted by atomic mass is 9.93. The van der Waals surface area contributed by atoms with E-state index in [0.29, 0.717) is 12.3 Å². The van der Waals surface area contributed by atoms with Crippen LogP contribution in [0.2, 0.25) is 0 Å². The molecule has 0 saturated carbocycles. The Kier molecular flexibility index (Phi) is 5.51. The van der Waals surface area contributed by atoms with E-state index < -0.39 is 0 Å². The van der Waals surface area contributed by atoms with Crippen LogP contribution in [0.3, 0.4) is 0 Å². The van der Waals surface area contributed by atoms with Crippen molar-refractivity contribution in [1.82, 2.24) is 10.4 Å². The highest BCUT2D eigenvalue weighted by atomic mass is 16.2. The summed E-state index contributed by atoms with van der Waals surface area (Å²) in [7, 11) is 3.57. The highest BCUT2D eigenvalue weighted by Gasteiger charge is 2.15. The predicted octanol–water partition coefficient (Wildman–Crippen LogP) is 2.10. The fourth-order valence-electron chi connectivity index (χ4n) is 2.02. The smallest absolute Gasteiger partial charge is 0.236 e. The first-order valence-corrected chi connectivity index (χ1v) is 6.64. The molecule has 106 valence electrons. The molecule has 0 bridgehead atoms. The minimum atomic E-state index is -0.265. The molecular weight excluding hydrogens is 238 g/mol. The molecule has 1 amide bonds. The van der Waals surface area contributed by atoms with Crippen molar-refractivity contribution in [2.75, 3.05) is 14.1 Å². The van der Waals surface area contributed by atoms with Crippen LogP contribution < -0.4 is 11.2 Å². The van der Waals surface area contributed by atoms with Crippen LogP contribution in [-0.2, 0) is 4.79 Å². The van der Waals surface area contributed by atoms with Crippen molar-refractivity contribution in [2.45, 2.75) is 39.2 Å². The third-order valence-electron chi connectivity index (χ3n) is 3.12. The Balaban J connectivity index is 2.83. The van der Waals surface area contributed by atoms with Gasteiger partial charge in [0, 0.05) is 26.6 Å². The van der Waals surface area contributed by atoms with Crippen molar-refractivity contribution < 1.29 is 4.79 Å². The summed E-state index contributed by atoms with van der Waals surface area (Å²) >= 11 is 0. The molecule has 0 heterocycles. The second kappa shape index (κ2) is 6.68. The van der Waals surface area contributed by atoms with E-state index in [1.54, 1.807) is 19.1 Å². The van der Waals surface area contributed by atoms with E-state index in [4.69, 9.17) is 5.73 Å². The zero-order valence-electron chi connectivity index (χ0n) is 12.5. The highest BCUT2D eigenvalue weighted by molar-refractivity contribution is 5.76. The monoisotopic (exact) mass is 263 g/mol. The van der Waals surface area contributed by atoms with E-state index in [1.165, 1.54) is 5.56 Å². The number of nitrogens with zero attached hydrogens (tertiary/aromatic N) is 1. The van der Waals surface area contributed by atoms with E-state index in [0.717, 1.165) is 11.1 Å². The fourth-order valence-corrected chi connectivity index (χ4v) is 2.02. The summed E-state index contributed by atoms with van der Waals surface area (Å²) in [6.07, 6.45) is 0.292. The molecule has 4 nitrogen and oxygen atoms in total. The van der Waals surface area contributed by atoms with Crippen molar-refractivity contribution >= 4 is 5.91 Å². The molecule has 0 aromatic heterocycles.